The minimum Gasteiger partial charge on any atom is -0.493 e. The van der Waals surface area contributed by atoms with Crippen molar-refractivity contribution in [2.24, 2.45) is 0 Å². The molecule has 2 unspecified atom stereocenters. The summed E-state index contributed by atoms with van der Waals surface area (Å²) in [7, 11) is 2.03. The molecule has 0 fully saturated rings. The topological polar surface area (TPSA) is 21.3 Å². The normalized spacial score (nSPS) is 18.0. The number of likely N-dealkylation sites (N-methyl/N-ethyl adjacent to an activating group) is 1. The molecule has 110 valence electrons. The van der Waals surface area contributed by atoms with E-state index in [0.29, 0.717) is 11.8 Å². The third-order valence-electron chi connectivity index (χ3n) is 4.38. The van der Waals surface area contributed by atoms with Crippen LogP contribution in [0.3, 0.4) is 0 Å². The van der Waals surface area contributed by atoms with E-state index in [1.54, 1.807) is 0 Å². The minimum absolute atomic E-state index is 0.546. The first-order valence-electron chi connectivity index (χ1n) is 7.79. The first-order chi connectivity index (χ1) is 10.4. The fourth-order valence-electron chi connectivity index (χ4n) is 3.23. The highest BCUT2D eigenvalue weighted by molar-refractivity contribution is 5.39. The third-order valence-corrected chi connectivity index (χ3v) is 4.38. The van der Waals surface area contributed by atoms with E-state index in [1.165, 1.54) is 24.0 Å². The summed E-state index contributed by atoms with van der Waals surface area (Å²) < 4.78 is 5.79. The Bertz CT molecular complexity index is 567. The van der Waals surface area contributed by atoms with Crippen LogP contribution in [0.15, 0.2) is 54.6 Å². The van der Waals surface area contributed by atoms with Gasteiger partial charge >= 0.3 is 0 Å². The molecular weight excluding hydrogens is 258 g/mol. The maximum absolute atomic E-state index is 5.79. The van der Waals surface area contributed by atoms with E-state index < -0.39 is 0 Å². The maximum Gasteiger partial charge on any atom is 0.122 e. The van der Waals surface area contributed by atoms with Gasteiger partial charge < -0.3 is 10.1 Å². The summed E-state index contributed by atoms with van der Waals surface area (Å²) in [5, 5.41) is 3.33. The van der Waals surface area contributed by atoms with Crippen LogP contribution in [0.25, 0.3) is 0 Å². The largest absolute Gasteiger partial charge is 0.493 e. The van der Waals surface area contributed by atoms with Gasteiger partial charge in [0, 0.05) is 18.0 Å². The number of ether oxygens (including phenoxy) is 1. The van der Waals surface area contributed by atoms with Crippen LogP contribution in [0.2, 0.25) is 0 Å². The van der Waals surface area contributed by atoms with Gasteiger partial charge in [0.2, 0.25) is 0 Å². The van der Waals surface area contributed by atoms with Crippen molar-refractivity contribution in [1.29, 1.82) is 0 Å². The lowest BCUT2D eigenvalue weighted by atomic mass is 9.88. The maximum atomic E-state index is 5.79. The van der Waals surface area contributed by atoms with E-state index in [2.05, 4.69) is 59.9 Å². The number of fused-ring (bicyclic) bond motifs is 1. The third kappa shape index (κ3) is 3.27. The van der Waals surface area contributed by atoms with E-state index in [4.69, 9.17) is 4.74 Å². The molecule has 0 saturated heterocycles. The van der Waals surface area contributed by atoms with Gasteiger partial charge in [0.05, 0.1) is 6.61 Å². The molecule has 1 heterocycles. The van der Waals surface area contributed by atoms with Gasteiger partial charge in [-0.2, -0.15) is 0 Å². The van der Waals surface area contributed by atoms with E-state index in [0.717, 1.165) is 18.9 Å². The average molecular weight is 281 g/mol. The van der Waals surface area contributed by atoms with Gasteiger partial charge in [-0.15, -0.1) is 0 Å². The predicted molar refractivity (Wildman–Crippen MR) is 87.0 cm³/mol. The van der Waals surface area contributed by atoms with Gasteiger partial charge in [-0.25, -0.2) is 0 Å². The summed E-state index contributed by atoms with van der Waals surface area (Å²) in [4.78, 5) is 0. The Hall–Kier alpha value is -1.80. The van der Waals surface area contributed by atoms with Crippen molar-refractivity contribution >= 4 is 0 Å². The quantitative estimate of drug-likeness (QED) is 0.865. The van der Waals surface area contributed by atoms with Crippen molar-refractivity contribution in [3.05, 3.63) is 65.7 Å². The van der Waals surface area contributed by atoms with Crippen LogP contribution in [0.5, 0.6) is 5.75 Å². The second kappa shape index (κ2) is 6.77. The molecule has 2 heteroatoms. The zero-order valence-corrected chi connectivity index (χ0v) is 12.6. The Kier molecular flexibility index (Phi) is 4.56. The molecule has 1 aliphatic heterocycles. The van der Waals surface area contributed by atoms with Crippen LogP contribution in [-0.2, 0) is 0 Å². The van der Waals surface area contributed by atoms with E-state index in [-0.39, 0.29) is 0 Å². The lowest BCUT2D eigenvalue weighted by molar-refractivity contribution is 0.320. The van der Waals surface area contributed by atoms with Crippen LogP contribution < -0.4 is 10.1 Å². The summed E-state index contributed by atoms with van der Waals surface area (Å²) in [6.45, 7) is 1.86. The lowest BCUT2D eigenvalue weighted by Crippen LogP contribution is -2.18. The molecule has 2 aromatic carbocycles. The highest BCUT2D eigenvalue weighted by Gasteiger charge is 2.24. The molecule has 0 saturated carbocycles. The second-order valence-electron chi connectivity index (χ2n) is 5.79. The first kappa shape index (κ1) is 14.2. The fourth-order valence-corrected chi connectivity index (χ4v) is 3.23. The second-order valence-corrected chi connectivity index (χ2v) is 5.79. The smallest absolute Gasteiger partial charge is 0.122 e. The highest BCUT2D eigenvalue weighted by Crippen LogP contribution is 2.37. The number of hydrogen-bond donors (Lipinski definition) is 1. The molecule has 0 radical (unpaired) electrons. The van der Waals surface area contributed by atoms with E-state index in [1.807, 2.05) is 7.05 Å². The molecule has 3 rings (SSSR count). The molecule has 1 N–H and O–H groups in total. The summed E-state index contributed by atoms with van der Waals surface area (Å²) >= 11 is 0. The Morgan fingerprint density at radius 1 is 1.10 bits per heavy atom. The highest BCUT2D eigenvalue weighted by atomic mass is 16.5. The van der Waals surface area contributed by atoms with Gasteiger partial charge in [-0.05, 0) is 37.4 Å². The van der Waals surface area contributed by atoms with E-state index >= 15 is 0 Å². The Morgan fingerprint density at radius 2 is 1.86 bits per heavy atom. The van der Waals surface area contributed by atoms with Crippen LogP contribution in [0.1, 0.15) is 35.8 Å². The van der Waals surface area contributed by atoms with E-state index in [9.17, 15) is 0 Å². The minimum atomic E-state index is 0.546. The predicted octanol–water partition coefficient (Wildman–Crippen LogP) is 3.95. The first-order valence-corrected chi connectivity index (χ1v) is 7.79. The molecule has 2 nitrogen and oxygen atoms in total. The molecule has 0 aromatic heterocycles. The van der Waals surface area contributed by atoms with Crippen molar-refractivity contribution < 1.29 is 4.74 Å². The zero-order valence-electron chi connectivity index (χ0n) is 12.6. The standard InChI is InChI=1S/C19H23NO/c1-20-13-16(15-7-3-2-4-8-15)11-12-17-14-21-19-10-6-5-9-18(17)19/h2-10,16-17,20H,11-14H2,1H3. The van der Waals surface area contributed by atoms with Gasteiger partial charge in [0.1, 0.15) is 5.75 Å². The van der Waals surface area contributed by atoms with Crippen molar-refractivity contribution in [3.63, 3.8) is 0 Å². The number of nitrogens with one attached hydrogen (secondary N) is 1. The fraction of sp³-hybridized carbons (Fsp3) is 0.368. The molecule has 2 aromatic rings. The summed E-state index contributed by atoms with van der Waals surface area (Å²) in [6.07, 6.45) is 2.37. The van der Waals surface area contributed by atoms with Crippen molar-refractivity contribution in [2.75, 3.05) is 20.2 Å². The van der Waals surface area contributed by atoms with Crippen LogP contribution in [0.4, 0.5) is 0 Å². The van der Waals surface area contributed by atoms with Crippen molar-refractivity contribution in [2.45, 2.75) is 24.7 Å². The molecule has 0 bridgehead atoms. The number of benzene rings is 2. The lowest BCUT2D eigenvalue weighted by Gasteiger charge is -2.19. The summed E-state index contributed by atoms with van der Waals surface area (Å²) in [5.74, 6) is 2.20. The van der Waals surface area contributed by atoms with Gasteiger partial charge in [-0.3, -0.25) is 0 Å². The Morgan fingerprint density at radius 3 is 2.67 bits per heavy atom. The Labute approximate surface area is 127 Å². The summed E-state index contributed by atoms with van der Waals surface area (Å²) in [5.41, 5.74) is 2.81. The molecule has 0 aliphatic carbocycles. The zero-order chi connectivity index (χ0) is 14.5. The Balaban J connectivity index is 1.66. The molecule has 2 atom stereocenters. The number of para-hydroxylation sites is 1. The molecular formula is C19H23NO. The number of rotatable bonds is 6. The van der Waals surface area contributed by atoms with Gasteiger partial charge in [0.25, 0.3) is 0 Å². The van der Waals surface area contributed by atoms with Crippen molar-refractivity contribution in [3.8, 4) is 5.75 Å². The summed E-state index contributed by atoms with van der Waals surface area (Å²) in [6, 6.07) is 19.3. The molecule has 1 aliphatic rings. The number of hydrogen-bond acceptors (Lipinski definition) is 2. The van der Waals surface area contributed by atoms with Crippen LogP contribution >= 0.6 is 0 Å². The molecule has 0 spiro atoms. The molecule has 0 amide bonds. The molecule has 21 heavy (non-hydrogen) atoms. The van der Waals surface area contributed by atoms with Gasteiger partial charge in [-0.1, -0.05) is 48.5 Å². The van der Waals surface area contributed by atoms with Crippen LogP contribution in [0, 0.1) is 0 Å². The SMILES string of the molecule is CNCC(CCC1COc2ccccc21)c1ccccc1. The van der Waals surface area contributed by atoms with Gasteiger partial charge in [0.15, 0.2) is 0 Å². The average Bonchev–Trinajstić information content (AvgIpc) is 2.95. The van der Waals surface area contributed by atoms with Crippen molar-refractivity contribution in [1.82, 2.24) is 5.32 Å². The monoisotopic (exact) mass is 281 g/mol. The van der Waals surface area contributed by atoms with Crippen LogP contribution in [-0.4, -0.2) is 20.2 Å².